The molecule has 0 spiro atoms. The number of amides is 1. The molecule has 0 saturated heterocycles. The highest BCUT2D eigenvalue weighted by molar-refractivity contribution is 9.10. The highest BCUT2D eigenvalue weighted by Crippen LogP contribution is 2.33. The maximum Gasteiger partial charge on any atom is 0.307 e. The SMILES string of the molecule is CCOC(=O)CCN(C)CC=CC(=O)Nc1cc2c(Nc3cccc(Br)c3)ncnc2cc1OC. The van der Waals surface area contributed by atoms with Crippen LogP contribution in [-0.4, -0.2) is 60.6 Å². The van der Waals surface area contributed by atoms with Crippen molar-refractivity contribution in [3.05, 3.63) is 59.4 Å². The van der Waals surface area contributed by atoms with Gasteiger partial charge in [0.1, 0.15) is 17.9 Å². The predicted octanol–water partition coefficient (Wildman–Crippen LogP) is 4.52. The predicted molar refractivity (Wildman–Crippen MR) is 140 cm³/mol. The van der Waals surface area contributed by atoms with Gasteiger partial charge in [-0.05, 0) is 38.2 Å². The van der Waals surface area contributed by atoms with Crippen molar-refractivity contribution in [2.24, 2.45) is 0 Å². The Morgan fingerprint density at radius 3 is 2.77 bits per heavy atom. The number of benzene rings is 2. The summed E-state index contributed by atoms with van der Waals surface area (Å²) in [6.07, 6.45) is 4.96. The molecule has 0 bridgehead atoms. The summed E-state index contributed by atoms with van der Waals surface area (Å²) in [4.78, 5) is 34.7. The van der Waals surface area contributed by atoms with Crippen LogP contribution in [0.3, 0.4) is 0 Å². The minimum atomic E-state index is -0.306. The van der Waals surface area contributed by atoms with Crippen LogP contribution in [0.2, 0.25) is 0 Å². The van der Waals surface area contributed by atoms with Gasteiger partial charge in [0.2, 0.25) is 5.91 Å². The molecule has 3 rings (SSSR count). The summed E-state index contributed by atoms with van der Waals surface area (Å²) in [7, 11) is 3.40. The first-order valence-corrected chi connectivity index (χ1v) is 11.9. The second-order valence-corrected chi connectivity index (χ2v) is 8.55. The molecule has 1 amide bonds. The van der Waals surface area contributed by atoms with Crippen molar-refractivity contribution < 1.29 is 19.1 Å². The summed E-state index contributed by atoms with van der Waals surface area (Å²) >= 11 is 3.47. The van der Waals surface area contributed by atoms with Crippen molar-refractivity contribution in [3.63, 3.8) is 0 Å². The van der Waals surface area contributed by atoms with Crippen LogP contribution in [0.5, 0.6) is 5.75 Å². The number of ether oxygens (including phenoxy) is 2. The molecular weight excluding hydrogens is 514 g/mol. The molecule has 0 aliphatic heterocycles. The van der Waals surface area contributed by atoms with E-state index in [1.54, 1.807) is 25.1 Å². The number of rotatable bonds is 11. The lowest BCUT2D eigenvalue weighted by molar-refractivity contribution is -0.143. The molecule has 0 aliphatic rings. The molecule has 2 aromatic carbocycles. The van der Waals surface area contributed by atoms with Crippen molar-refractivity contribution in [1.29, 1.82) is 0 Å². The van der Waals surface area contributed by atoms with Gasteiger partial charge < -0.3 is 25.0 Å². The number of likely N-dealkylation sites (N-methyl/N-ethyl adjacent to an activating group) is 1. The van der Waals surface area contributed by atoms with E-state index >= 15 is 0 Å². The van der Waals surface area contributed by atoms with Gasteiger partial charge in [-0.25, -0.2) is 9.97 Å². The number of halogens is 1. The summed E-state index contributed by atoms with van der Waals surface area (Å²) < 4.78 is 11.3. The Kier molecular flexibility index (Phi) is 9.56. The van der Waals surface area contributed by atoms with Crippen LogP contribution in [0.15, 0.2) is 59.4 Å². The Hall–Kier alpha value is -3.50. The van der Waals surface area contributed by atoms with Crippen molar-refractivity contribution in [1.82, 2.24) is 14.9 Å². The minimum Gasteiger partial charge on any atom is -0.494 e. The van der Waals surface area contributed by atoms with Gasteiger partial charge in [-0.1, -0.05) is 28.1 Å². The number of carbonyl (C=O) groups excluding carboxylic acids is 2. The maximum absolute atomic E-state index is 12.6. The van der Waals surface area contributed by atoms with Crippen LogP contribution < -0.4 is 15.4 Å². The lowest BCUT2D eigenvalue weighted by Crippen LogP contribution is -2.23. The second-order valence-electron chi connectivity index (χ2n) is 7.64. The van der Waals surface area contributed by atoms with Crippen molar-refractivity contribution in [3.8, 4) is 5.75 Å². The fraction of sp³-hybridized carbons (Fsp3) is 0.280. The maximum atomic E-state index is 12.6. The molecule has 1 aromatic heterocycles. The van der Waals surface area contributed by atoms with Gasteiger partial charge in [-0.3, -0.25) is 9.59 Å². The molecule has 0 fully saturated rings. The molecule has 0 aliphatic carbocycles. The summed E-state index contributed by atoms with van der Waals surface area (Å²) in [5, 5.41) is 6.88. The fourth-order valence-corrected chi connectivity index (χ4v) is 3.67. The van der Waals surface area contributed by atoms with Gasteiger partial charge in [0.15, 0.2) is 0 Å². The third kappa shape index (κ3) is 7.76. The number of fused-ring (bicyclic) bond motifs is 1. The lowest BCUT2D eigenvalue weighted by atomic mass is 10.2. The number of nitrogens with zero attached hydrogens (tertiary/aromatic N) is 3. The van der Waals surface area contributed by atoms with Crippen LogP contribution in [0.25, 0.3) is 10.9 Å². The van der Waals surface area contributed by atoms with Gasteiger partial charge in [-0.15, -0.1) is 0 Å². The zero-order chi connectivity index (χ0) is 25.2. The Morgan fingerprint density at radius 1 is 1.20 bits per heavy atom. The topological polar surface area (TPSA) is 106 Å². The Morgan fingerprint density at radius 2 is 2.03 bits per heavy atom. The Balaban J connectivity index is 1.71. The molecule has 9 nitrogen and oxygen atoms in total. The van der Waals surface area contributed by atoms with Gasteiger partial charge >= 0.3 is 5.97 Å². The van der Waals surface area contributed by atoms with E-state index in [-0.39, 0.29) is 11.9 Å². The van der Waals surface area contributed by atoms with E-state index in [0.717, 1.165) is 15.5 Å². The van der Waals surface area contributed by atoms with Crippen molar-refractivity contribution >= 4 is 55.9 Å². The zero-order valence-corrected chi connectivity index (χ0v) is 21.5. The molecular formula is C25H28BrN5O4. The van der Waals surface area contributed by atoms with E-state index in [0.29, 0.717) is 48.9 Å². The first-order chi connectivity index (χ1) is 16.9. The highest BCUT2D eigenvalue weighted by atomic mass is 79.9. The summed E-state index contributed by atoms with van der Waals surface area (Å²) in [6.45, 7) is 3.20. The second kappa shape index (κ2) is 12.8. The van der Waals surface area contributed by atoms with Crippen molar-refractivity contribution in [2.75, 3.05) is 44.5 Å². The number of carbonyl (C=O) groups is 2. The van der Waals surface area contributed by atoms with E-state index in [1.165, 1.54) is 19.5 Å². The summed E-state index contributed by atoms with van der Waals surface area (Å²) in [5.74, 6) is 0.546. The van der Waals surface area contributed by atoms with Gasteiger partial charge in [-0.2, -0.15) is 0 Å². The molecule has 3 aromatic rings. The molecule has 1 heterocycles. The highest BCUT2D eigenvalue weighted by Gasteiger charge is 2.12. The smallest absolute Gasteiger partial charge is 0.307 e. The van der Waals surface area contributed by atoms with Crippen LogP contribution in [0.4, 0.5) is 17.2 Å². The molecule has 0 unspecified atom stereocenters. The average Bonchev–Trinajstić information content (AvgIpc) is 2.83. The normalized spacial score (nSPS) is 11.1. The first kappa shape index (κ1) is 26.1. The summed E-state index contributed by atoms with van der Waals surface area (Å²) in [5.41, 5.74) is 2.03. The van der Waals surface area contributed by atoms with Crippen LogP contribution >= 0.6 is 15.9 Å². The zero-order valence-electron chi connectivity index (χ0n) is 19.9. The quantitative estimate of drug-likeness (QED) is 0.269. The van der Waals surface area contributed by atoms with Crippen molar-refractivity contribution in [2.45, 2.75) is 13.3 Å². The van der Waals surface area contributed by atoms with E-state index in [1.807, 2.05) is 36.2 Å². The molecule has 2 N–H and O–H groups in total. The molecule has 0 radical (unpaired) electrons. The van der Waals surface area contributed by atoms with Gasteiger partial charge in [0, 0.05) is 40.8 Å². The standard InChI is InChI=1S/C25H28BrN5O4/c1-4-35-24(33)10-12-31(2)11-6-9-23(32)30-21-14-19-20(15-22(21)34-3)27-16-28-25(19)29-18-8-5-7-17(26)13-18/h5-9,13-16H,4,10-12H2,1-3H3,(H,30,32)(H,27,28,29). The molecule has 0 saturated carbocycles. The molecule has 0 atom stereocenters. The van der Waals surface area contributed by atoms with E-state index in [2.05, 4.69) is 36.5 Å². The number of anilines is 3. The monoisotopic (exact) mass is 541 g/mol. The first-order valence-electron chi connectivity index (χ1n) is 11.1. The van der Waals surface area contributed by atoms with E-state index < -0.39 is 0 Å². The average molecular weight is 542 g/mol. The van der Waals surface area contributed by atoms with Gasteiger partial charge in [0.25, 0.3) is 0 Å². The summed E-state index contributed by atoms with van der Waals surface area (Å²) in [6, 6.07) is 11.3. The third-order valence-electron chi connectivity index (χ3n) is 4.99. The Bertz CT molecular complexity index is 1220. The van der Waals surface area contributed by atoms with E-state index in [9.17, 15) is 9.59 Å². The largest absolute Gasteiger partial charge is 0.494 e. The number of hydrogen-bond donors (Lipinski definition) is 2. The van der Waals surface area contributed by atoms with Crippen LogP contribution in [0.1, 0.15) is 13.3 Å². The van der Waals surface area contributed by atoms with Gasteiger partial charge in [0.05, 0.1) is 31.3 Å². The Labute approximate surface area is 212 Å². The van der Waals surface area contributed by atoms with Crippen LogP contribution in [-0.2, 0) is 14.3 Å². The molecule has 184 valence electrons. The minimum absolute atomic E-state index is 0.234. The molecule has 10 heteroatoms. The fourth-order valence-electron chi connectivity index (χ4n) is 3.27. The van der Waals surface area contributed by atoms with E-state index in [4.69, 9.17) is 9.47 Å². The lowest BCUT2D eigenvalue weighted by Gasteiger charge is -2.14. The number of methoxy groups -OCH3 is 1. The third-order valence-corrected chi connectivity index (χ3v) is 5.48. The number of nitrogens with one attached hydrogen (secondary N) is 2. The number of aromatic nitrogens is 2. The molecule has 35 heavy (non-hydrogen) atoms. The van der Waals surface area contributed by atoms with Crippen LogP contribution in [0, 0.1) is 0 Å². The number of esters is 1. The number of hydrogen-bond acceptors (Lipinski definition) is 8.